The predicted octanol–water partition coefficient (Wildman–Crippen LogP) is 3.52. The zero-order valence-electron chi connectivity index (χ0n) is 23.5. The Morgan fingerprint density at radius 1 is 1.18 bits per heavy atom. The van der Waals surface area contributed by atoms with Crippen LogP contribution in [-0.4, -0.2) is 69.3 Å². The number of aliphatic carboxylic acids is 1. The molecule has 0 aliphatic carbocycles. The molecule has 2 aromatic rings. The third-order valence-electron chi connectivity index (χ3n) is 9.46. The van der Waals surface area contributed by atoms with Crippen molar-refractivity contribution in [3.05, 3.63) is 77.9 Å². The summed E-state index contributed by atoms with van der Waals surface area (Å²) in [6, 6.07) is 13.4. The molecule has 212 valence electrons. The van der Waals surface area contributed by atoms with Crippen LogP contribution in [0.3, 0.4) is 0 Å². The summed E-state index contributed by atoms with van der Waals surface area (Å²) in [5.74, 6) is -4.24. The van der Waals surface area contributed by atoms with Crippen LogP contribution in [0.1, 0.15) is 37.0 Å². The number of para-hydroxylation sites is 1. The fraction of sp³-hybridized carbons (Fsp3) is 0.469. The highest BCUT2D eigenvalue weighted by Crippen LogP contribution is 2.65. The molecule has 2 amide bonds. The summed E-state index contributed by atoms with van der Waals surface area (Å²) in [4.78, 5) is 45.0. The molecule has 5 rings (SSSR count). The number of anilines is 1. The van der Waals surface area contributed by atoms with Gasteiger partial charge in [0.2, 0.25) is 5.91 Å². The summed E-state index contributed by atoms with van der Waals surface area (Å²) in [7, 11) is 0. The van der Waals surface area contributed by atoms with Crippen molar-refractivity contribution in [1.82, 2.24) is 4.90 Å². The first-order valence-corrected chi connectivity index (χ1v) is 13.9. The molecule has 2 bridgehead atoms. The van der Waals surface area contributed by atoms with Gasteiger partial charge in [0.1, 0.15) is 17.6 Å². The van der Waals surface area contributed by atoms with Crippen molar-refractivity contribution in [3.63, 3.8) is 0 Å². The van der Waals surface area contributed by atoms with Crippen molar-refractivity contribution in [2.45, 2.75) is 63.8 Å². The summed E-state index contributed by atoms with van der Waals surface area (Å²) in [6.07, 6.45) is 2.32. The Morgan fingerprint density at radius 2 is 1.82 bits per heavy atom. The van der Waals surface area contributed by atoms with Gasteiger partial charge >= 0.3 is 5.97 Å². The smallest absolute Gasteiger partial charge is 0.310 e. The molecule has 3 aliphatic rings. The van der Waals surface area contributed by atoms with Gasteiger partial charge in [0.25, 0.3) is 5.91 Å². The van der Waals surface area contributed by atoms with Gasteiger partial charge in [-0.3, -0.25) is 14.4 Å². The van der Waals surface area contributed by atoms with Crippen LogP contribution >= 0.6 is 0 Å². The number of ether oxygens (including phenoxy) is 1. The Morgan fingerprint density at radius 3 is 2.40 bits per heavy atom. The van der Waals surface area contributed by atoms with Crippen LogP contribution < -0.4 is 4.90 Å². The van der Waals surface area contributed by atoms with Gasteiger partial charge in [-0.2, -0.15) is 0 Å². The van der Waals surface area contributed by atoms with Gasteiger partial charge in [0.15, 0.2) is 0 Å². The van der Waals surface area contributed by atoms with E-state index in [9.17, 15) is 24.6 Å². The van der Waals surface area contributed by atoms with Crippen LogP contribution in [0.4, 0.5) is 5.69 Å². The first-order valence-electron chi connectivity index (χ1n) is 13.9. The second-order valence-corrected chi connectivity index (χ2v) is 11.8. The summed E-state index contributed by atoms with van der Waals surface area (Å²) < 4.78 is 6.66. The van der Waals surface area contributed by atoms with E-state index in [1.54, 1.807) is 17.9 Å². The number of carboxylic acid groups (broad SMARTS) is 1. The molecule has 0 radical (unpaired) electrons. The second-order valence-electron chi connectivity index (χ2n) is 11.8. The Hall–Kier alpha value is -3.49. The normalized spacial score (nSPS) is 31.2. The van der Waals surface area contributed by atoms with Crippen molar-refractivity contribution < 1.29 is 29.3 Å². The number of nitrogens with zero attached hydrogens (tertiary/aromatic N) is 2. The molecule has 40 heavy (non-hydrogen) atoms. The fourth-order valence-electron chi connectivity index (χ4n) is 7.66. The predicted molar refractivity (Wildman–Crippen MR) is 151 cm³/mol. The number of rotatable bonds is 9. The zero-order valence-corrected chi connectivity index (χ0v) is 23.5. The van der Waals surface area contributed by atoms with Gasteiger partial charge in [0, 0.05) is 12.2 Å². The molecule has 2 N–H and O–H groups in total. The third kappa shape index (κ3) is 3.99. The highest BCUT2D eigenvalue weighted by Gasteiger charge is 2.80. The number of aliphatic hydroxyl groups excluding tert-OH is 1. The van der Waals surface area contributed by atoms with Crippen molar-refractivity contribution in [1.29, 1.82) is 0 Å². The van der Waals surface area contributed by atoms with Crippen LogP contribution in [0.15, 0.2) is 61.2 Å². The molecule has 3 heterocycles. The molecule has 8 nitrogen and oxygen atoms in total. The molecule has 8 heteroatoms. The quantitative estimate of drug-likeness (QED) is 0.466. The van der Waals surface area contributed by atoms with Crippen molar-refractivity contribution in [3.8, 4) is 0 Å². The largest absolute Gasteiger partial charge is 0.481 e. The molecule has 2 aromatic carbocycles. The first-order chi connectivity index (χ1) is 19.0. The number of hydrogen-bond donors (Lipinski definition) is 2. The van der Waals surface area contributed by atoms with Crippen molar-refractivity contribution in [2.75, 3.05) is 18.1 Å². The van der Waals surface area contributed by atoms with E-state index in [1.807, 2.05) is 69.3 Å². The molecule has 0 saturated carbocycles. The third-order valence-corrected chi connectivity index (χ3v) is 9.46. The summed E-state index contributed by atoms with van der Waals surface area (Å²) in [6.45, 7) is 11.2. The highest BCUT2D eigenvalue weighted by atomic mass is 16.5. The maximum atomic E-state index is 14.9. The van der Waals surface area contributed by atoms with Crippen LogP contribution in [0, 0.1) is 31.6 Å². The van der Waals surface area contributed by atoms with E-state index >= 15 is 0 Å². The molecular formula is C32H38N2O6. The highest BCUT2D eigenvalue weighted by molar-refractivity contribution is 6.05. The summed E-state index contributed by atoms with van der Waals surface area (Å²) in [5, 5.41) is 21.0. The Balaban J connectivity index is 1.68. The lowest BCUT2D eigenvalue weighted by molar-refractivity contribution is -0.157. The maximum Gasteiger partial charge on any atom is 0.310 e. The average Bonchev–Trinajstić information content (AvgIpc) is 3.43. The number of hydrogen-bond acceptors (Lipinski definition) is 5. The molecule has 3 aliphatic heterocycles. The van der Waals surface area contributed by atoms with Crippen LogP contribution in [0.2, 0.25) is 0 Å². The number of aryl methyl sites for hydroxylation is 2. The lowest BCUT2D eigenvalue weighted by atomic mass is 9.62. The summed E-state index contributed by atoms with van der Waals surface area (Å²) in [5.41, 5.74) is 0.989. The second kappa shape index (κ2) is 10.2. The maximum absolute atomic E-state index is 14.9. The minimum atomic E-state index is -1.33. The number of benzene rings is 2. The number of amides is 2. The van der Waals surface area contributed by atoms with Crippen LogP contribution in [0.5, 0.6) is 0 Å². The van der Waals surface area contributed by atoms with E-state index in [0.717, 1.165) is 22.4 Å². The number of likely N-dealkylation sites (tertiary alicyclic amines) is 1. The van der Waals surface area contributed by atoms with Gasteiger partial charge in [0.05, 0.1) is 24.2 Å². The number of carbonyl (C=O) groups excluding carboxylic acids is 2. The standard InChI is InChI=1S/C32H38N2O6/c1-6-15-33(26-19(2)11-10-12-20(26)3)29(37)27-32-17-21(4)31(5,40-32)25(30(38)39)24(32)28(36)34(27)23(18-35)16-22-13-8-7-9-14-22/h6-14,21,23-25,27,35H,1,15-18H2,2-5H3,(H,38,39)/t21?,23-,24+,25+,27?,31-,32?/m1/s1. The first kappa shape index (κ1) is 28.1. The minimum Gasteiger partial charge on any atom is -0.481 e. The average molecular weight is 547 g/mol. The zero-order chi connectivity index (χ0) is 29.0. The van der Waals surface area contributed by atoms with E-state index < -0.39 is 47.0 Å². The van der Waals surface area contributed by atoms with Crippen molar-refractivity contribution in [2.24, 2.45) is 17.8 Å². The summed E-state index contributed by atoms with van der Waals surface area (Å²) >= 11 is 0. The van der Waals surface area contributed by atoms with Crippen molar-refractivity contribution >= 4 is 23.5 Å². The number of aliphatic hydroxyl groups is 1. The van der Waals surface area contributed by atoms with E-state index in [1.165, 1.54) is 4.90 Å². The minimum absolute atomic E-state index is 0.192. The Labute approximate surface area is 235 Å². The molecule has 3 fully saturated rings. The fourth-order valence-corrected chi connectivity index (χ4v) is 7.66. The Kier molecular flexibility index (Phi) is 7.13. The van der Waals surface area contributed by atoms with Gasteiger partial charge in [-0.15, -0.1) is 6.58 Å². The molecule has 1 spiro atoms. The molecular weight excluding hydrogens is 508 g/mol. The molecule has 3 unspecified atom stereocenters. The lowest BCUT2D eigenvalue weighted by Crippen LogP contribution is -2.59. The number of carboxylic acids is 1. The molecule has 3 saturated heterocycles. The molecule has 0 aromatic heterocycles. The van der Waals surface area contributed by atoms with E-state index in [2.05, 4.69) is 6.58 Å². The van der Waals surface area contributed by atoms with Crippen LogP contribution in [-0.2, 0) is 25.5 Å². The van der Waals surface area contributed by atoms with Gasteiger partial charge in [-0.1, -0.05) is 61.5 Å². The van der Waals surface area contributed by atoms with Gasteiger partial charge < -0.3 is 24.7 Å². The van der Waals surface area contributed by atoms with E-state index in [4.69, 9.17) is 4.74 Å². The number of carbonyl (C=O) groups is 3. The van der Waals surface area contributed by atoms with Gasteiger partial charge in [-0.05, 0) is 56.2 Å². The topological polar surface area (TPSA) is 107 Å². The van der Waals surface area contributed by atoms with E-state index in [0.29, 0.717) is 12.8 Å². The van der Waals surface area contributed by atoms with Gasteiger partial charge in [-0.25, -0.2) is 0 Å². The number of fused-ring (bicyclic) bond motifs is 1. The Bertz CT molecular complexity index is 1320. The molecule has 7 atom stereocenters. The lowest BCUT2D eigenvalue weighted by Gasteiger charge is -2.40. The van der Waals surface area contributed by atoms with E-state index in [-0.39, 0.29) is 25.0 Å². The SMILES string of the molecule is C=CCN(C(=O)C1N([C@@H](CO)Cc2ccccc2)C(=O)[C@@H]2[C@@H](C(=O)O)[C@]3(C)OC12CC3C)c1c(C)cccc1C. The van der Waals surface area contributed by atoms with Crippen LogP contribution in [0.25, 0.3) is 0 Å². The monoisotopic (exact) mass is 546 g/mol.